The first-order valence-electron chi connectivity index (χ1n) is 12.1. The van der Waals surface area contributed by atoms with Crippen LogP contribution in [0.3, 0.4) is 0 Å². The molecular weight excluding hydrogens is 442 g/mol. The summed E-state index contributed by atoms with van der Waals surface area (Å²) in [6.07, 6.45) is 16.1. The van der Waals surface area contributed by atoms with Crippen LogP contribution in [0.1, 0.15) is 76.7 Å². The molecule has 0 aliphatic carbocycles. The van der Waals surface area contributed by atoms with Crippen molar-refractivity contribution in [2.75, 3.05) is 7.11 Å². The Bertz CT molecular complexity index is 876. The lowest BCUT2D eigenvalue weighted by Gasteiger charge is -2.16. The van der Waals surface area contributed by atoms with E-state index in [-0.39, 0.29) is 18.0 Å². The Labute approximate surface area is 211 Å². The summed E-state index contributed by atoms with van der Waals surface area (Å²) in [7, 11) is 1.00. The zero-order chi connectivity index (χ0) is 27.0. The van der Waals surface area contributed by atoms with Gasteiger partial charge in [0.2, 0.25) is 0 Å². The molecule has 4 N–H and O–H groups in total. The van der Waals surface area contributed by atoms with Gasteiger partial charge in [-0.2, -0.15) is 0 Å². The molecule has 196 valence electrons. The van der Waals surface area contributed by atoms with Crippen LogP contribution in [0.15, 0.2) is 67.6 Å². The molecule has 0 spiro atoms. The number of carbonyl (C=O) groups is 1. The average molecular weight is 488 g/mol. The van der Waals surface area contributed by atoms with Crippen molar-refractivity contribution in [3.63, 3.8) is 0 Å². The third-order valence-corrected chi connectivity index (χ3v) is 6.03. The van der Waals surface area contributed by atoms with E-state index in [2.05, 4.69) is 39.7 Å². The zero-order valence-electron chi connectivity index (χ0n) is 21.9. The van der Waals surface area contributed by atoms with Crippen molar-refractivity contribution in [1.29, 1.82) is 0 Å². The highest BCUT2D eigenvalue weighted by Crippen LogP contribution is 2.32. The second-order valence-electron chi connectivity index (χ2n) is 8.81. The number of hydrogen-bond acceptors (Lipinski definition) is 4. The molecule has 0 aliphatic rings. The van der Waals surface area contributed by atoms with Gasteiger partial charge in [0.15, 0.2) is 6.29 Å². The molecule has 6 nitrogen and oxygen atoms in total. The molecule has 6 heteroatoms. The van der Waals surface area contributed by atoms with Crippen LogP contribution >= 0.6 is 0 Å². The number of aliphatic hydroxyl groups excluding tert-OH is 2. The number of hydrogen-bond donors (Lipinski definition) is 4. The summed E-state index contributed by atoms with van der Waals surface area (Å²) in [5.41, 5.74) is 3.80. The summed E-state index contributed by atoms with van der Waals surface area (Å²) >= 11 is 0. The quantitative estimate of drug-likeness (QED) is 0.0986. The second-order valence-corrected chi connectivity index (χ2v) is 8.81. The van der Waals surface area contributed by atoms with E-state index in [0.29, 0.717) is 11.5 Å². The Morgan fingerprint density at radius 1 is 1.03 bits per heavy atom. The van der Waals surface area contributed by atoms with E-state index in [1.54, 1.807) is 12.3 Å². The van der Waals surface area contributed by atoms with Gasteiger partial charge < -0.3 is 25.0 Å². The van der Waals surface area contributed by atoms with Crippen LogP contribution in [0, 0.1) is 11.8 Å². The van der Waals surface area contributed by atoms with E-state index in [4.69, 9.17) is 10.2 Å². The first-order chi connectivity index (χ1) is 16.6. The van der Waals surface area contributed by atoms with E-state index in [1.165, 1.54) is 42.0 Å². The highest BCUT2D eigenvalue weighted by atomic mass is 16.5. The minimum absolute atomic E-state index is 0.0436. The fourth-order valence-corrected chi connectivity index (χ4v) is 3.97. The van der Waals surface area contributed by atoms with Gasteiger partial charge in [-0.05, 0) is 44.6 Å². The summed E-state index contributed by atoms with van der Waals surface area (Å²) in [5.74, 6) is -0.464. The Morgan fingerprint density at radius 2 is 1.66 bits per heavy atom. The van der Waals surface area contributed by atoms with Gasteiger partial charge in [-0.25, -0.2) is 0 Å². The monoisotopic (exact) mass is 487 g/mol. The first-order valence-corrected chi connectivity index (χ1v) is 12.1. The van der Waals surface area contributed by atoms with Crippen LogP contribution in [0.2, 0.25) is 0 Å². The molecule has 0 saturated heterocycles. The molecule has 0 bridgehead atoms. The summed E-state index contributed by atoms with van der Waals surface area (Å²) in [6, 6.07) is 0. The average Bonchev–Trinajstić information content (AvgIpc) is 3.24. The number of aromatic nitrogens is 1. The normalized spacial score (nSPS) is 13.9. The maximum Gasteiger partial charge on any atom is 0.323 e. The van der Waals surface area contributed by atoms with E-state index >= 15 is 0 Å². The van der Waals surface area contributed by atoms with Crippen molar-refractivity contribution in [2.24, 2.45) is 11.8 Å². The minimum atomic E-state index is -1.72. The van der Waals surface area contributed by atoms with Crippen LogP contribution in [0.25, 0.3) is 5.57 Å². The number of rotatable bonds is 16. The van der Waals surface area contributed by atoms with Crippen LogP contribution in [-0.4, -0.2) is 38.1 Å². The molecule has 2 unspecified atom stereocenters. The minimum Gasteiger partial charge on any atom is -0.480 e. The molecule has 0 aromatic carbocycles. The molecule has 1 aromatic rings. The second kappa shape index (κ2) is 17.7. The predicted molar refractivity (Wildman–Crippen MR) is 145 cm³/mol. The molecule has 0 aliphatic heterocycles. The Morgan fingerprint density at radius 3 is 2.17 bits per heavy atom. The summed E-state index contributed by atoms with van der Waals surface area (Å²) in [5, 5.41) is 35.7. The molecule has 1 heterocycles. The fraction of sp³-hybridized carbons (Fsp3) is 0.483. The van der Waals surface area contributed by atoms with Gasteiger partial charge in [-0.3, -0.25) is 4.79 Å². The molecule has 1 aromatic heterocycles. The molecule has 2 atom stereocenters. The summed E-state index contributed by atoms with van der Waals surface area (Å²) in [4.78, 5) is 11.1. The SMILES string of the molecule is C=C/C(=C(\C)C(C=C)/C=C(\C)CCCCCCC(C)C=C)c1cn(CC(=O)O)cc1C(O)O.CO. The van der Waals surface area contributed by atoms with Crippen molar-refractivity contribution in [2.45, 2.75) is 72.1 Å². The van der Waals surface area contributed by atoms with Crippen LogP contribution < -0.4 is 0 Å². The Kier molecular flexibility index (Phi) is 16.4. The first kappa shape index (κ1) is 32.3. The van der Waals surface area contributed by atoms with Crippen molar-refractivity contribution < 1.29 is 25.2 Å². The third-order valence-electron chi connectivity index (χ3n) is 6.03. The van der Waals surface area contributed by atoms with Crippen molar-refractivity contribution in [1.82, 2.24) is 4.57 Å². The van der Waals surface area contributed by atoms with Gasteiger partial charge in [-0.1, -0.05) is 68.2 Å². The predicted octanol–water partition coefficient (Wildman–Crippen LogP) is 6.04. The van der Waals surface area contributed by atoms with Gasteiger partial charge in [-0.15, -0.1) is 13.2 Å². The van der Waals surface area contributed by atoms with E-state index < -0.39 is 12.3 Å². The molecule has 1 rings (SSSR count). The smallest absolute Gasteiger partial charge is 0.323 e. The summed E-state index contributed by atoms with van der Waals surface area (Å²) < 4.78 is 1.43. The van der Waals surface area contributed by atoms with Crippen molar-refractivity contribution in [3.05, 3.63) is 78.7 Å². The van der Waals surface area contributed by atoms with E-state index in [9.17, 15) is 15.0 Å². The molecular formula is C29H45NO5. The van der Waals surface area contributed by atoms with Crippen molar-refractivity contribution >= 4 is 11.5 Å². The molecule has 0 fully saturated rings. The fourth-order valence-electron chi connectivity index (χ4n) is 3.97. The largest absolute Gasteiger partial charge is 0.480 e. The zero-order valence-corrected chi connectivity index (χ0v) is 21.9. The van der Waals surface area contributed by atoms with Gasteiger partial charge in [0.05, 0.1) is 0 Å². The maximum absolute atomic E-state index is 11.1. The van der Waals surface area contributed by atoms with Crippen LogP contribution in [-0.2, 0) is 11.3 Å². The van der Waals surface area contributed by atoms with E-state index in [1.807, 2.05) is 19.1 Å². The number of carboxylic acid groups (broad SMARTS) is 1. The number of allylic oxidation sites excluding steroid dienone is 7. The van der Waals surface area contributed by atoms with Gasteiger partial charge in [0.1, 0.15) is 6.54 Å². The third kappa shape index (κ3) is 11.5. The van der Waals surface area contributed by atoms with Crippen molar-refractivity contribution in [3.8, 4) is 0 Å². The number of aliphatic hydroxyl groups is 3. The van der Waals surface area contributed by atoms with Gasteiger partial charge in [0.25, 0.3) is 0 Å². The maximum atomic E-state index is 11.1. The lowest BCUT2D eigenvalue weighted by Crippen LogP contribution is -2.06. The molecule has 0 saturated carbocycles. The van der Waals surface area contributed by atoms with Gasteiger partial charge in [0, 0.05) is 36.5 Å². The number of aliphatic carboxylic acids is 1. The molecule has 0 radical (unpaired) electrons. The highest BCUT2D eigenvalue weighted by molar-refractivity contribution is 5.79. The van der Waals surface area contributed by atoms with Crippen LogP contribution in [0.4, 0.5) is 0 Å². The Hall–Kier alpha value is -2.67. The molecule has 35 heavy (non-hydrogen) atoms. The molecule has 0 amide bonds. The lowest BCUT2D eigenvalue weighted by molar-refractivity contribution is -0.137. The number of carboxylic acids is 1. The van der Waals surface area contributed by atoms with Gasteiger partial charge >= 0.3 is 5.97 Å². The Balaban J connectivity index is 0.00000562. The number of nitrogens with zero attached hydrogens (tertiary/aromatic N) is 1. The van der Waals surface area contributed by atoms with Crippen LogP contribution in [0.5, 0.6) is 0 Å². The standard InChI is InChI=1S/C28H41NO4.CH4O/c1-7-20(4)14-12-10-11-13-15-21(5)16-23(8-2)22(6)24(9-3)25-17-29(19-27(30)31)18-26(25)28(32)33;1-2/h7-9,16-18,20,23,28,32-33H,1-3,10-15,19H2,4-6H3,(H,30,31);2H,1H3/b21-16+,24-22-;. The lowest BCUT2D eigenvalue weighted by atomic mass is 9.89. The topological polar surface area (TPSA) is 103 Å². The highest BCUT2D eigenvalue weighted by Gasteiger charge is 2.19. The number of unbranched alkanes of at least 4 members (excludes halogenated alkanes) is 3. The summed E-state index contributed by atoms with van der Waals surface area (Å²) in [6.45, 7) is 17.8. The van der Waals surface area contributed by atoms with E-state index in [0.717, 1.165) is 31.1 Å².